The maximum atomic E-state index is 12.4. The predicted molar refractivity (Wildman–Crippen MR) is 77.1 cm³/mol. The largest absolute Gasteiger partial charge is 0.347 e. The molecule has 5 heteroatoms. The Labute approximate surface area is 120 Å². The minimum Gasteiger partial charge on any atom is -0.347 e. The molecule has 20 heavy (non-hydrogen) atoms. The summed E-state index contributed by atoms with van der Waals surface area (Å²) in [6.45, 7) is 8.31. The average Bonchev–Trinajstić information content (AvgIpc) is 2.91. The Morgan fingerprint density at radius 2 is 2.30 bits per heavy atom. The number of rotatable bonds is 2. The Balaban J connectivity index is 1.64. The lowest BCUT2D eigenvalue weighted by Crippen LogP contribution is -2.43. The fraction of sp³-hybridized carbons (Fsp3) is 0.733. The molecule has 1 saturated heterocycles. The summed E-state index contributed by atoms with van der Waals surface area (Å²) >= 11 is 0. The van der Waals surface area contributed by atoms with Crippen LogP contribution < -0.4 is 5.32 Å². The van der Waals surface area contributed by atoms with Crippen molar-refractivity contribution in [3.05, 3.63) is 18.2 Å². The molecule has 2 fully saturated rings. The molecule has 0 radical (unpaired) electrons. The third-order valence-electron chi connectivity index (χ3n) is 4.64. The lowest BCUT2D eigenvalue weighted by molar-refractivity contribution is 0.129. The summed E-state index contributed by atoms with van der Waals surface area (Å²) in [5, 5.41) is 2.98. The van der Waals surface area contributed by atoms with Crippen molar-refractivity contribution in [1.82, 2.24) is 20.2 Å². The topological polar surface area (TPSA) is 61.0 Å². The molecular weight excluding hydrogens is 252 g/mol. The number of H-pyrrole nitrogens is 1. The SMILES string of the molecule is CC1(C)C[C@@H]2C[C@@](C)(CN2C(=O)NCc2ncc[nH]2)C1. The van der Waals surface area contributed by atoms with Crippen LogP contribution in [-0.2, 0) is 6.54 Å². The number of nitrogens with one attached hydrogen (secondary N) is 2. The Morgan fingerprint density at radius 1 is 1.50 bits per heavy atom. The molecule has 2 aliphatic rings. The zero-order valence-corrected chi connectivity index (χ0v) is 12.6. The molecular formula is C15H24N4O. The summed E-state index contributed by atoms with van der Waals surface area (Å²) in [6.07, 6.45) is 6.93. The second-order valence-electron chi connectivity index (χ2n) is 7.54. The van der Waals surface area contributed by atoms with Gasteiger partial charge in [0, 0.05) is 25.0 Å². The summed E-state index contributed by atoms with van der Waals surface area (Å²) in [7, 11) is 0. The molecule has 1 aliphatic heterocycles. The van der Waals surface area contributed by atoms with Crippen LogP contribution in [-0.4, -0.2) is 33.5 Å². The number of amides is 2. The minimum atomic E-state index is 0.0489. The summed E-state index contributed by atoms with van der Waals surface area (Å²) in [5.41, 5.74) is 0.627. The highest BCUT2D eigenvalue weighted by Gasteiger charge is 2.50. The van der Waals surface area contributed by atoms with Crippen LogP contribution in [0.25, 0.3) is 0 Å². The summed E-state index contributed by atoms with van der Waals surface area (Å²) < 4.78 is 0. The summed E-state index contributed by atoms with van der Waals surface area (Å²) in [6, 6.07) is 0.438. The molecule has 1 aromatic rings. The van der Waals surface area contributed by atoms with Gasteiger partial charge in [0.25, 0.3) is 0 Å². The number of hydrogen-bond acceptors (Lipinski definition) is 2. The van der Waals surface area contributed by atoms with E-state index >= 15 is 0 Å². The second kappa shape index (κ2) is 4.50. The van der Waals surface area contributed by atoms with E-state index in [0.717, 1.165) is 25.2 Å². The molecule has 1 aliphatic carbocycles. The Bertz CT molecular complexity index is 496. The predicted octanol–water partition coefficient (Wildman–Crippen LogP) is 2.52. The average molecular weight is 276 g/mol. The van der Waals surface area contributed by atoms with Crippen LogP contribution in [0.1, 0.15) is 45.9 Å². The number of hydrogen-bond donors (Lipinski definition) is 2. The molecule has 2 N–H and O–H groups in total. The van der Waals surface area contributed by atoms with Crippen LogP contribution in [0.2, 0.25) is 0 Å². The van der Waals surface area contributed by atoms with E-state index in [-0.39, 0.29) is 11.4 Å². The van der Waals surface area contributed by atoms with E-state index in [9.17, 15) is 4.79 Å². The van der Waals surface area contributed by atoms with Crippen molar-refractivity contribution in [3.8, 4) is 0 Å². The number of fused-ring (bicyclic) bond motifs is 2. The maximum Gasteiger partial charge on any atom is 0.318 e. The number of nitrogens with zero attached hydrogens (tertiary/aromatic N) is 2. The summed E-state index contributed by atoms with van der Waals surface area (Å²) in [4.78, 5) is 21.6. The quantitative estimate of drug-likeness (QED) is 0.872. The molecule has 2 bridgehead atoms. The molecule has 2 heterocycles. The van der Waals surface area contributed by atoms with Crippen LogP contribution in [0.4, 0.5) is 4.79 Å². The van der Waals surface area contributed by atoms with E-state index in [4.69, 9.17) is 0 Å². The van der Waals surface area contributed by atoms with E-state index in [1.165, 1.54) is 6.42 Å². The number of imidazole rings is 1. The molecule has 5 nitrogen and oxygen atoms in total. The highest BCUT2D eigenvalue weighted by molar-refractivity contribution is 5.75. The van der Waals surface area contributed by atoms with Crippen molar-refractivity contribution in [2.75, 3.05) is 6.54 Å². The normalized spacial score (nSPS) is 31.4. The molecule has 2 atom stereocenters. The van der Waals surface area contributed by atoms with E-state index in [1.54, 1.807) is 12.4 Å². The molecule has 0 unspecified atom stereocenters. The monoisotopic (exact) mass is 276 g/mol. The number of urea groups is 1. The van der Waals surface area contributed by atoms with E-state index in [1.807, 2.05) is 4.90 Å². The van der Waals surface area contributed by atoms with Crippen molar-refractivity contribution in [2.24, 2.45) is 10.8 Å². The summed E-state index contributed by atoms with van der Waals surface area (Å²) in [5.74, 6) is 0.798. The third-order valence-corrected chi connectivity index (χ3v) is 4.64. The van der Waals surface area contributed by atoms with Crippen molar-refractivity contribution >= 4 is 6.03 Å². The van der Waals surface area contributed by atoms with Gasteiger partial charge >= 0.3 is 6.03 Å². The zero-order chi connectivity index (χ0) is 14.4. The third kappa shape index (κ3) is 2.53. The number of aromatic nitrogens is 2. The number of carbonyl (C=O) groups excluding carboxylic acids is 1. The standard InChI is InChI=1S/C15H24N4O/c1-14(2)6-11-7-15(3,9-14)10-19(11)13(20)18-8-12-16-4-5-17-12/h4-5,11H,6-10H2,1-3H3,(H,16,17)(H,18,20)/t11-,15-/m1/s1. The number of aromatic amines is 1. The molecule has 0 spiro atoms. The van der Waals surface area contributed by atoms with Gasteiger partial charge in [0.2, 0.25) is 0 Å². The van der Waals surface area contributed by atoms with Gasteiger partial charge in [0.1, 0.15) is 5.82 Å². The van der Waals surface area contributed by atoms with Gasteiger partial charge in [-0.25, -0.2) is 9.78 Å². The van der Waals surface area contributed by atoms with Crippen molar-refractivity contribution in [2.45, 2.75) is 52.6 Å². The molecule has 1 aromatic heterocycles. The smallest absolute Gasteiger partial charge is 0.318 e. The van der Waals surface area contributed by atoms with Gasteiger partial charge in [-0.2, -0.15) is 0 Å². The number of carbonyl (C=O) groups is 1. The minimum absolute atomic E-state index is 0.0489. The number of likely N-dealkylation sites (tertiary alicyclic amines) is 1. The molecule has 0 aromatic carbocycles. The van der Waals surface area contributed by atoms with Crippen LogP contribution in [0.5, 0.6) is 0 Å². The highest BCUT2D eigenvalue weighted by Crippen LogP contribution is 2.52. The van der Waals surface area contributed by atoms with Crippen molar-refractivity contribution in [3.63, 3.8) is 0 Å². The van der Waals surface area contributed by atoms with Gasteiger partial charge in [-0.1, -0.05) is 20.8 Å². The van der Waals surface area contributed by atoms with Gasteiger partial charge in [-0.3, -0.25) is 0 Å². The second-order valence-corrected chi connectivity index (χ2v) is 7.54. The van der Waals surface area contributed by atoms with Crippen LogP contribution in [0.3, 0.4) is 0 Å². The molecule has 3 rings (SSSR count). The van der Waals surface area contributed by atoms with Crippen molar-refractivity contribution in [1.29, 1.82) is 0 Å². The van der Waals surface area contributed by atoms with E-state index in [0.29, 0.717) is 18.0 Å². The lowest BCUT2D eigenvalue weighted by atomic mass is 9.65. The molecule has 110 valence electrons. The lowest BCUT2D eigenvalue weighted by Gasteiger charge is -2.39. The first-order valence-corrected chi connectivity index (χ1v) is 7.40. The highest BCUT2D eigenvalue weighted by atomic mass is 16.2. The van der Waals surface area contributed by atoms with E-state index in [2.05, 4.69) is 36.1 Å². The maximum absolute atomic E-state index is 12.4. The molecule has 1 saturated carbocycles. The van der Waals surface area contributed by atoms with Gasteiger partial charge < -0.3 is 15.2 Å². The first-order chi connectivity index (χ1) is 9.37. The van der Waals surface area contributed by atoms with Gasteiger partial charge in [0.05, 0.1) is 6.54 Å². The van der Waals surface area contributed by atoms with Gasteiger partial charge in [-0.05, 0) is 30.1 Å². The van der Waals surface area contributed by atoms with Crippen LogP contribution in [0.15, 0.2) is 12.4 Å². The zero-order valence-electron chi connectivity index (χ0n) is 12.6. The Kier molecular flexibility index (Phi) is 3.03. The Hall–Kier alpha value is -1.52. The van der Waals surface area contributed by atoms with E-state index < -0.39 is 0 Å². The first kappa shape index (κ1) is 13.5. The Morgan fingerprint density at radius 3 is 3.00 bits per heavy atom. The van der Waals surface area contributed by atoms with Crippen LogP contribution >= 0.6 is 0 Å². The van der Waals surface area contributed by atoms with Crippen molar-refractivity contribution < 1.29 is 4.79 Å². The molecule has 2 amide bonds. The van der Waals surface area contributed by atoms with Gasteiger partial charge in [-0.15, -0.1) is 0 Å². The fourth-order valence-electron chi connectivity index (χ4n) is 4.35. The van der Waals surface area contributed by atoms with Crippen LogP contribution in [0, 0.1) is 10.8 Å². The first-order valence-electron chi connectivity index (χ1n) is 7.40. The fourth-order valence-corrected chi connectivity index (χ4v) is 4.35. The van der Waals surface area contributed by atoms with Gasteiger partial charge in [0.15, 0.2) is 0 Å².